The Labute approximate surface area is 287 Å². The third-order valence-electron chi connectivity index (χ3n) is 10.9. The van der Waals surface area contributed by atoms with E-state index in [1.807, 2.05) is 24.5 Å². The van der Waals surface area contributed by atoms with Crippen LogP contribution in [0, 0.1) is 12.3 Å². The van der Waals surface area contributed by atoms with E-state index in [4.69, 9.17) is 21.1 Å². The van der Waals surface area contributed by atoms with Crippen molar-refractivity contribution in [1.29, 1.82) is 0 Å². The van der Waals surface area contributed by atoms with E-state index < -0.39 is 0 Å². The van der Waals surface area contributed by atoms with Gasteiger partial charge in [0, 0.05) is 73.5 Å². The van der Waals surface area contributed by atoms with Crippen LogP contribution in [0.2, 0.25) is 0 Å². The standard InChI is InChI=1S/C40H45N7O2/c1-4-19-42-40(2)17-23-46(24-18-40)29-15-21-47(22-16-29)39-43-34-13-10-28(33-26-45(3)38(48)36-31(33)14-20-41-36)25-32(34)35(44-39)37(49-30-11-12-30)27-8-6-5-7-9-27/h1,5-10,13-14,20,25-26,29-30,37,41-42H,11-12,15-19,21-24H2,2-3H3. The lowest BCUT2D eigenvalue weighted by Crippen LogP contribution is -2.55. The molecule has 8 rings (SSSR count). The number of rotatable bonds is 9. The van der Waals surface area contributed by atoms with Gasteiger partial charge in [-0.3, -0.25) is 4.79 Å². The van der Waals surface area contributed by atoms with Crippen molar-refractivity contribution in [3.8, 4) is 23.5 Å². The van der Waals surface area contributed by atoms with Gasteiger partial charge in [-0.1, -0.05) is 42.3 Å². The lowest BCUT2D eigenvalue weighted by Gasteiger charge is -2.45. The second kappa shape index (κ2) is 13.1. The minimum absolute atomic E-state index is 0.0419. The van der Waals surface area contributed by atoms with Crippen molar-refractivity contribution in [1.82, 2.24) is 29.7 Å². The Morgan fingerprint density at radius 1 is 1.02 bits per heavy atom. The highest BCUT2D eigenvalue weighted by Crippen LogP contribution is 2.39. The number of fused-ring (bicyclic) bond motifs is 2. The average Bonchev–Trinajstić information content (AvgIpc) is 3.83. The molecule has 0 bridgehead atoms. The largest absolute Gasteiger partial charge is 0.364 e. The SMILES string of the molecule is C#CCNC1(C)CCN(C2CCN(c3nc(C(OC4CC4)c4ccccc4)c4cc(-c5cn(C)c(=O)c6[nH]ccc56)ccc4n3)CC2)CC1. The molecular formula is C40H45N7O2. The maximum Gasteiger partial charge on any atom is 0.274 e. The summed E-state index contributed by atoms with van der Waals surface area (Å²) in [5.74, 6) is 3.51. The summed E-state index contributed by atoms with van der Waals surface area (Å²) in [4.78, 5) is 31.6. The summed E-state index contributed by atoms with van der Waals surface area (Å²) >= 11 is 0. The van der Waals surface area contributed by atoms with E-state index >= 15 is 0 Å². The lowest BCUT2D eigenvalue weighted by molar-refractivity contribution is 0.0642. The predicted octanol–water partition coefficient (Wildman–Crippen LogP) is 5.79. The molecule has 1 aliphatic carbocycles. The smallest absolute Gasteiger partial charge is 0.274 e. The van der Waals surface area contributed by atoms with Crippen molar-refractivity contribution in [2.75, 3.05) is 37.6 Å². The highest BCUT2D eigenvalue weighted by atomic mass is 16.5. The normalized spacial score (nSPS) is 19.3. The first-order valence-corrected chi connectivity index (χ1v) is 17.8. The zero-order chi connectivity index (χ0) is 33.5. The fourth-order valence-electron chi connectivity index (χ4n) is 7.73. The Kier molecular flexibility index (Phi) is 8.48. The van der Waals surface area contributed by atoms with Crippen LogP contribution >= 0.6 is 0 Å². The van der Waals surface area contributed by atoms with Gasteiger partial charge in [-0.15, -0.1) is 6.42 Å². The van der Waals surface area contributed by atoms with Crippen LogP contribution in [0.4, 0.5) is 5.95 Å². The van der Waals surface area contributed by atoms with Crippen LogP contribution in [-0.4, -0.2) is 74.8 Å². The van der Waals surface area contributed by atoms with Gasteiger partial charge in [-0.05, 0) is 74.8 Å². The van der Waals surface area contributed by atoms with Crippen LogP contribution in [0.3, 0.4) is 0 Å². The summed E-state index contributed by atoms with van der Waals surface area (Å²) < 4.78 is 8.42. The van der Waals surface area contributed by atoms with Crippen molar-refractivity contribution in [2.45, 2.75) is 69.2 Å². The second-order valence-electron chi connectivity index (χ2n) is 14.4. The van der Waals surface area contributed by atoms with Gasteiger partial charge in [0.15, 0.2) is 0 Å². The molecule has 0 amide bonds. The quantitative estimate of drug-likeness (QED) is 0.194. The number of hydrogen-bond donors (Lipinski definition) is 2. The Balaban J connectivity index is 1.13. The minimum atomic E-state index is -0.316. The van der Waals surface area contributed by atoms with Gasteiger partial charge < -0.3 is 29.4 Å². The number of anilines is 1. The van der Waals surface area contributed by atoms with Crippen LogP contribution < -0.4 is 15.8 Å². The molecule has 1 atom stereocenters. The number of terminal acetylenes is 1. The van der Waals surface area contributed by atoms with Crippen molar-refractivity contribution < 1.29 is 4.74 Å². The molecule has 2 N–H and O–H groups in total. The van der Waals surface area contributed by atoms with E-state index in [2.05, 4.69) is 75.4 Å². The number of aromatic amines is 1. The Bertz CT molecular complexity index is 2060. The number of aryl methyl sites for hydroxylation is 1. The number of benzene rings is 2. The zero-order valence-corrected chi connectivity index (χ0v) is 28.5. The molecule has 9 heteroatoms. The predicted molar refractivity (Wildman–Crippen MR) is 196 cm³/mol. The van der Waals surface area contributed by atoms with Gasteiger partial charge in [-0.25, -0.2) is 9.97 Å². The molecule has 0 radical (unpaired) electrons. The van der Waals surface area contributed by atoms with E-state index in [0.29, 0.717) is 18.1 Å². The first kappa shape index (κ1) is 31.8. The maximum atomic E-state index is 12.8. The molecule has 3 fully saturated rings. The lowest BCUT2D eigenvalue weighted by atomic mass is 9.88. The summed E-state index contributed by atoms with van der Waals surface area (Å²) in [5.41, 5.74) is 5.57. The number of nitrogens with one attached hydrogen (secondary N) is 2. The third-order valence-corrected chi connectivity index (χ3v) is 10.9. The maximum absolute atomic E-state index is 12.8. The molecule has 3 aliphatic rings. The molecule has 3 aromatic heterocycles. The summed E-state index contributed by atoms with van der Waals surface area (Å²) in [6.45, 7) is 6.96. The summed E-state index contributed by atoms with van der Waals surface area (Å²) in [7, 11) is 1.80. The summed E-state index contributed by atoms with van der Waals surface area (Å²) in [6, 6.07) is 19.4. The van der Waals surface area contributed by atoms with Gasteiger partial charge in [0.1, 0.15) is 11.6 Å². The Morgan fingerprint density at radius 3 is 2.53 bits per heavy atom. The number of likely N-dealkylation sites (tertiary alicyclic amines) is 1. The third kappa shape index (κ3) is 6.37. The van der Waals surface area contributed by atoms with Crippen molar-refractivity contribution in [3.63, 3.8) is 0 Å². The second-order valence-corrected chi connectivity index (χ2v) is 14.4. The number of hydrogen-bond acceptors (Lipinski definition) is 7. The molecular weight excluding hydrogens is 610 g/mol. The topological polar surface area (TPSA) is 91.3 Å². The van der Waals surface area contributed by atoms with E-state index in [9.17, 15) is 4.79 Å². The Morgan fingerprint density at radius 2 is 1.80 bits per heavy atom. The number of H-pyrrole nitrogens is 1. The van der Waals surface area contributed by atoms with E-state index in [-0.39, 0.29) is 23.3 Å². The van der Waals surface area contributed by atoms with Gasteiger partial charge in [0.25, 0.3) is 5.56 Å². The fraction of sp³-hybridized carbons (Fsp3) is 0.425. The van der Waals surface area contributed by atoms with Crippen LogP contribution in [0.15, 0.2) is 71.8 Å². The number of ether oxygens (including phenoxy) is 1. The highest BCUT2D eigenvalue weighted by Gasteiger charge is 2.35. The monoisotopic (exact) mass is 655 g/mol. The van der Waals surface area contributed by atoms with Crippen LogP contribution in [0.1, 0.15) is 62.8 Å². The van der Waals surface area contributed by atoms with E-state index in [0.717, 1.165) is 109 Å². The molecule has 49 heavy (non-hydrogen) atoms. The highest BCUT2D eigenvalue weighted by molar-refractivity contribution is 5.97. The van der Waals surface area contributed by atoms with Gasteiger partial charge >= 0.3 is 0 Å². The summed E-state index contributed by atoms with van der Waals surface area (Å²) in [5, 5.41) is 5.44. The molecule has 1 unspecified atom stereocenters. The molecule has 252 valence electrons. The van der Waals surface area contributed by atoms with Gasteiger partial charge in [-0.2, -0.15) is 0 Å². The molecule has 2 saturated heterocycles. The van der Waals surface area contributed by atoms with Crippen LogP contribution in [-0.2, 0) is 11.8 Å². The molecule has 5 aromatic rings. The molecule has 0 spiro atoms. The van der Waals surface area contributed by atoms with Crippen LogP contribution in [0.25, 0.3) is 32.9 Å². The molecule has 1 saturated carbocycles. The molecule has 2 aliphatic heterocycles. The molecule has 2 aromatic carbocycles. The minimum Gasteiger partial charge on any atom is -0.364 e. The fourth-order valence-corrected chi connectivity index (χ4v) is 7.73. The number of piperidine rings is 2. The van der Waals surface area contributed by atoms with Crippen LogP contribution in [0.5, 0.6) is 0 Å². The molecule has 5 heterocycles. The summed E-state index contributed by atoms with van der Waals surface area (Å²) in [6.07, 6.45) is 15.7. The number of aromatic nitrogens is 4. The Hall–Kier alpha value is -4.49. The van der Waals surface area contributed by atoms with E-state index in [1.165, 1.54) is 0 Å². The first-order valence-electron chi connectivity index (χ1n) is 17.8. The van der Waals surface area contributed by atoms with Crippen molar-refractivity contribution >= 4 is 27.8 Å². The number of nitrogens with zero attached hydrogens (tertiary/aromatic N) is 5. The van der Waals surface area contributed by atoms with Gasteiger partial charge in [0.05, 0.1) is 23.9 Å². The van der Waals surface area contributed by atoms with Crippen molar-refractivity contribution in [2.24, 2.45) is 7.05 Å². The van der Waals surface area contributed by atoms with Gasteiger partial charge in [0.2, 0.25) is 5.95 Å². The number of pyridine rings is 1. The molecule has 9 nitrogen and oxygen atoms in total. The average molecular weight is 656 g/mol. The van der Waals surface area contributed by atoms with Crippen molar-refractivity contribution in [3.05, 3.63) is 88.6 Å². The van der Waals surface area contributed by atoms with E-state index in [1.54, 1.807) is 11.6 Å². The zero-order valence-electron chi connectivity index (χ0n) is 28.5. The first-order chi connectivity index (χ1) is 23.9.